The highest BCUT2D eigenvalue weighted by atomic mass is 14.3. The van der Waals surface area contributed by atoms with Crippen LogP contribution >= 0.6 is 0 Å². The van der Waals surface area contributed by atoms with Crippen LogP contribution in [0.2, 0.25) is 0 Å². The largest absolute Gasteiger partial charge is 0.0654 e. The van der Waals surface area contributed by atoms with Gasteiger partial charge in [0.05, 0.1) is 0 Å². The van der Waals surface area contributed by atoms with Crippen LogP contribution in [0.15, 0.2) is 23.8 Å². The van der Waals surface area contributed by atoms with E-state index in [9.17, 15) is 0 Å². The molecule has 0 nitrogen and oxygen atoms in total. The normalized spacial score (nSPS) is 16.9. The van der Waals surface area contributed by atoms with Gasteiger partial charge in [0.2, 0.25) is 0 Å². The third-order valence-electron chi connectivity index (χ3n) is 4.83. The van der Waals surface area contributed by atoms with Crippen LogP contribution in [0.25, 0.3) is 6.08 Å². The fourth-order valence-corrected chi connectivity index (χ4v) is 3.62. The van der Waals surface area contributed by atoms with E-state index in [1.165, 1.54) is 63.4 Å². The smallest absolute Gasteiger partial charge is 0.00601 e. The predicted octanol–water partition coefficient (Wildman–Crippen LogP) is 6.89. The Labute approximate surface area is 131 Å². The molecule has 0 bridgehead atoms. The lowest BCUT2D eigenvalue weighted by molar-refractivity contribution is 0.616. The van der Waals surface area contributed by atoms with Crippen molar-refractivity contribution in [3.05, 3.63) is 40.5 Å². The molecule has 0 spiro atoms. The minimum Gasteiger partial charge on any atom is -0.0654 e. The summed E-state index contributed by atoms with van der Waals surface area (Å²) in [6.45, 7) is 6.91. The number of rotatable bonds is 9. The summed E-state index contributed by atoms with van der Waals surface area (Å²) in [5.41, 5.74) is 6.55. The van der Waals surface area contributed by atoms with Crippen molar-refractivity contribution >= 4 is 6.08 Å². The molecule has 1 aliphatic rings. The van der Waals surface area contributed by atoms with Crippen molar-refractivity contribution < 1.29 is 0 Å². The zero-order valence-electron chi connectivity index (χ0n) is 14.3. The zero-order valence-corrected chi connectivity index (χ0v) is 14.3. The number of hydrogen-bond acceptors (Lipinski definition) is 0. The Morgan fingerprint density at radius 2 is 1.57 bits per heavy atom. The SMILES string of the molecule is CCCCC1=Cc2cccc(CCCC)c2C1CCCC. The van der Waals surface area contributed by atoms with E-state index in [2.05, 4.69) is 45.0 Å². The lowest BCUT2D eigenvalue weighted by atomic mass is 9.85. The van der Waals surface area contributed by atoms with Crippen molar-refractivity contribution in [3.8, 4) is 0 Å². The average molecular weight is 284 g/mol. The van der Waals surface area contributed by atoms with E-state index < -0.39 is 0 Å². The Morgan fingerprint density at radius 1 is 0.857 bits per heavy atom. The second-order valence-electron chi connectivity index (χ2n) is 6.54. The molecule has 0 amide bonds. The van der Waals surface area contributed by atoms with Crippen molar-refractivity contribution in [1.82, 2.24) is 0 Å². The van der Waals surface area contributed by atoms with Crippen molar-refractivity contribution in [2.45, 2.75) is 84.5 Å². The van der Waals surface area contributed by atoms with Crippen molar-refractivity contribution in [2.75, 3.05) is 0 Å². The topological polar surface area (TPSA) is 0 Å². The van der Waals surface area contributed by atoms with E-state index in [4.69, 9.17) is 0 Å². The summed E-state index contributed by atoms with van der Waals surface area (Å²) in [4.78, 5) is 0. The van der Waals surface area contributed by atoms with Gasteiger partial charge in [-0.05, 0) is 48.8 Å². The second-order valence-corrected chi connectivity index (χ2v) is 6.54. The highest BCUT2D eigenvalue weighted by Crippen LogP contribution is 2.43. The molecule has 116 valence electrons. The van der Waals surface area contributed by atoms with Crippen LogP contribution < -0.4 is 0 Å². The third-order valence-corrected chi connectivity index (χ3v) is 4.83. The van der Waals surface area contributed by atoms with Gasteiger partial charge in [-0.3, -0.25) is 0 Å². The van der Waals surface area contributed by atoms with Crippen LogP contribution in [-0.4, -0.2) is 0 Å². The van der Waals surface area contributed by atoms with Crippen LogP contribution in [0.4, 0.5) is 0 Å². The second kappa shape index (κ2) is 8.41. The Hall–Kier alpha value is -1.04. The Morgan fingerprint density at radius 3 is 2.29 bits per heavy atom. The molecule has 0 radical (unpaired) electrons. The van der Waals surface area contributed by atoms with Gasteiger partial charge in [0.25, 0.3) is 0 Å². The van der Waals surface area contributed by atoms with Crippen LogP contribution in [0.5, 0.6) is 0 Å². The van der Waals surface area contributed by atoms with Gasteiger partial charge in [0.1, 0.15) is 0 Å². The monoisotopic (exact) mass is 284 g/mol. The van der Waals surface area contributed by atoms with Gasteiger partial charge >= 0.3 is 0 Å². The number of unbranched alkanes of at least 4 members (excludes halogenated alkanes) is 3. The van der Waals surface area contributed by atoms with E-state index >= 15 is 0 Å². The van der Waals surface area contributed by atoms with Crippen molar-refractivity contribution in [2.24, 2.45) is 0 Å². The van der Waals surface area contributed by atoms with E-state index in [0.29, 0.717) is 0 Å². The highest BCUT2D eigenvalue weighted by Gasteiger charge is 2.26. The first kappa shape index (κ1) is 16.3. The first-order chi connectivity index (χ1) is 10.3. The van der Waals surface area contributed by atoms with Crippen molar-refractivity contribution in [1.29, 1.82) is 0 Å². The fraction of sp³-hybridized carbons (Fsp3) is 0.619. The Balaban J connectivity index is 2.24. The molecule has 0 fully saturated rings. The van der Waals surface area contributed by atoms with Gasteiger partial charge < -0.3 is 0 Å². The summed E-state index contributed by atoms with van der Waals surface area (Å²) in [5.74, 6) is 0.722. The molecule has 0 heterocycles. The molecule has 1 aromatic carbocycles. The minimum atomic E-state index is 0.722. The van der Waals surface area contributed by atoms with Crippen LogP contribution in [0.3, 0.4) is 0 Å². The number of aryl methyl sites for hydroxylation is 1. The molecule has 1 atom stereocenters. The third kappa shape index (κ3) is 3.99. The van der Waals surface area contributed by atoms with Gasteiger partial charge in [-0.15, -0.1) is 0 Å². The Bertz CT molecular complexity index is 467. The van der Waals surface area contributed by atoms with Gasteiger partial charge in [0, 0.05) is 5.92 Å². The molecule has 0 N–H and O–H groups in total. The Kier molecular flexibility index (Phi) is 6.54. The van der Waals surface area contributed by atoms with Gasteiger partial charge in [-0.1, -0.05) is 76.3 Å². The zero-order chi connectivity index (χ0) is 15.1. The molecule has 0 aliphatic heterocycles. The molecule has 0 aromatic heterocycles. The molecule has 0 saturated heterocycles. The van der Waals surface area contributed by atoms with Crippen molar-refractivity contribution in [3.63, 3.8) is 0 Å². The first-order valence-electron chi connectivity index (χ1n) is 9.14. The van der Waals surface area contributed by atoms with E-state index in [1.807, 2.05) is 0 Å². The molecule has 0 heteroatoms. The fourth-order valence-electron chi connectivity index (χ4n) is 3.62. The maximum atomic E-state index is 2.51. The standard InChI is InChI=1S/C21H32/c1-4-7-11-17-13-10-14-19-16-18(12-8-5-2)20(21(17)19)15-9-6-3/h10,13-14,16,20H,4-9,11-12,15H2,1-3H3. The van der Waals surface area contributed by atoms with Gasteiger partial charge in [0.15, 0.2) is 0 Å². The first-order valence-corrected chi connectivity index (χ1v) is 9.14. The maximum Gasteiger partial charge on any atom is 0.00601 e. The summed E-state index contributed by atoms with van der Waals surface area (Å²) in [5, 5.41) is 0. The van der Waals surface area contributed by atoms with Crippen LogP contribution in [0, 0.1) is 0 Å². The summed E-state index contributed by atoms with van der Waals surface area (Å²) >= 11 is 0. The number of allylic oxidation sites excluding steroid dienone is 1. The molecule has 1 aromatic rings. The lowest BCUT2D eigenvalue weighted by Crippen LogP contribution is -2.04. The molecule has 1 unspecified atom stereocenters. The van der Waals surface area contributed by atoms with Crippen LogP contribution in [-0.2, 0) is 6.42 Å². The van der Waals surface area contributed by atoms with Crippen LogP contribution in [0.1, 0.15) is 94.7 Å². The summed E-state index contributed by atoms with van der Waals surface area (Å²) in [7, 11) is 0. The van der Waals surface area contributed by atoms with Gasteiger partial charge in [-0.2, -0.15) is 0 Å². The maximum absolute atomic E-state index is 2.51. The molecular weight excluding hydrogens is 252 g/mol. The quantitative estimate of drug-likeness (QED) is 0.463. The number of fused-ring (bicyclic) bond motifs is 1. The molecule has 1 aliphatic carbocycles. The molecule has 2 rings (SSSR count). The average Bonchev–Trinajstić information content (AvgIpc) is 2.87. The molecule has 21 heavy (non-hydrogen) atoms. The van der Waals surface area contributed by atoms with E-state index in [-0.39, 0.29) is 0 Å². The number of benzene rings is 1. The summed E-state index contributed by atoms with van der Waals surface area (Å²) in [6.07, 6.45) is 14.3. The van der Waals surface area contributed by atoms with E-state index in [0.717, 1.165) is 5.92 Å². The molecule has 0 saturated carbocycles. The lowest BCUT2D eigenvalue weighted by Gasteiger charge is -2.20. The van der Waals surface area contributed by atoms with E-state index in [1.54, 1.807) is 16.7 Å². The summed E-state index contributed by atoms with van der Waals surface area (Å²) in [6, 6.07) is 6.98. The predicted molar refractivity (Wildman–Crippen MR) is 94.8 cm³/mol. The molecular formula is C21H32. The summed E-state index contributed by atoms with van der Waals surface area (Å²) < 4.78 is 0. The minimum absolute atomic E-state index is 0.722. The van der Waals surface area contributed by atoms with Gasteiger partial charge in [-0.25, -0.2) is 0 Å². The number of hydrogen-bond donors (Lipinski definition) is 0. The highest BCUT2D eigenvalue weighted by molar-refractivity contribution is 5.68.